The third kappa shape index (κ3) is 5.54. The Hall–Kier alpha value is -2.19. The molecule has 8 nitrogen and oxygen atoms in total. The molecule has 0 radical (unpaired) electrons. The number of nitriles is 1. The smallest absolute Gasteiger partial charge is 0.270 e. The quantitative estimate of drug-likeness (QED) is 0.289. The molecule has 2 fully saturated rings. The van der Waals surface area contributed by atoms with Crippen LogP contribution < -0.4 is 10.5 Å². The molecule has 184 valence electrons. The Morgan fingerprint density at radius 3 is 2.50 bits per heavy atom. The van der Waals surface area contributed by atoms with Gasteiger partial charge in [-0.2, -0.15) is 5.26 Å². The van der Waals surface area contributed by atoms with Crippen molar-refractivity contribution in [3.8, 4) is 6.07 Å². The predicted molar refractivity (Wildman–Crippen MR) is 141 cm³/mol. The summed E-state index contributed by atoms with van der Waals surface area (Å²) in [4.78, 5) is 33.1. The number of carbonyl (C=O) groups excluding carboxylic acids is 1. The summed E-state index contributed by atoms with van der Waals surface area (Å²) >= 11 is 6.75. The van der Waals surface area contributed by atoms with E-state index in [2.05, 4.69) is 29.8 Å². The van der Waals surface area contributed by atoms with Crippen molar-refractivity contribution in [2.75, 3.05) is 58.4 Å². The fraction of sp³-hybridized carbons (Fsp3) is 0.583. The molecule has 2 saturated heterocycles. The Morgan fingerprint density at radius 2 is 1.88 bits per heavy atom. The van der Waals surface area contributed by atoms with Crippen LogP contribution in [-0.4, -0.2) is 78.1 Å². The lowest BCUT2D eigenvalue weighted by Crippen LogP contribution is -2.47. The van der Waals surface area contributed by atoms with Gasteiger partial charge in [-0.3, -0.25) is 19.1 Å². The Bertz CT molecular complexity index is 1070. The number of carbonyl (C=O) groups is 1. The monoisotopic (exact) mass is 503 g/mol. The second kappa shape index (κ2) is 12.0. The van der Waals surface area contributed by atoms with Crippen molar-refractivity contribution in [2.24, 2.45) is 0 Å². The summed E-state index contributed by atoms with van der Waals surface area (Å²) < 4.78 is 7.37. The van der Waals surface area contributed by atoms with Crippen molar-refractivity contribution in [1.82, 2.24) is 14.4 Å². The average Bonchev–Trinajstić information content (AvgIpc) is 3.08. The number of rotatable bonds is 9. The van der Waals surface area contributed by atoms with Crippen molar-refractivity contribution in [3.63, 3.8) is 0 Å². The zero-order valence-corrected chi connectivity index (χ0v) is 22.1. The molecule has 0 bridgehead atoms. The van der Waals surface area contributed by atoms with Crippen molar-refractivity contribution >= 4 is 46.1 Å². The van der Waals surface area contributed by atoms with E-state index in [-0.39, 0.29) is 17.0 Å². The summed E-state index contributed by atoms with van der Waals surface area (Å²) in [5.41, 5.74) is 1.25. The van der Waals surface area contributed by atoms with Crippen molar-refractivity contribution in [2.45, 2.75) is 39.7 Å². The number of nitrogens with zero attached hydrogens (tertiary/aromatic N) is 5. The summed E-state index contributed by atoms with van der Waals surface area (Å²) in [6.07, 6.45) is 4.29. The van der Waals surface area contributed by atoms with Crippen molar-refractivity contribution in [3.05, 3.63) is 31.9 Å². The Morgan fingerprint density at radius 1 is 1.18 bits per heavy atom. The van der Waals surface area contributed by atoms with E-state index in [1.165, 1.54) is 11.8 Å². The Balaban J connectivity index is 2.13. The maximum Gasteiger partial charge on any atom is 0.270 e. The highest BCUT2D eigenvalue weighted by molar-refractivity contribution is 8.26. The van der Waals surface area contributed by atoms with Gasteiger partial charge in [0.1, 0.15) is 21.8 Å². The summed E-state index contributed by atoms with van der Waals surface area (Å²) in [5.74, 6) is 0.660. The molecule has 0 atom stereocenters. The number of anilines is 1. The molecule has 0 saturated carbocycles. The molecular weight excluding hydrogens is 470 g/mol. The molecule has 1 aromatic rings. The van der Waals surface area contributed by atoms with Gasteiger partial charge in [-0.05, 0) is 38.5 Å². The predicted octanol–water partition coefficient (Wildman–Crippen LogP) is 2.82. The third-order valence-corrected chi connectivity index (χ3v) is 7.64. The van der Waals surface area contributed by atoms with Crippen LogP contribution >= 0.6 is 24.0 Å². The summed E-state index contributed by atoms with van der Waals surface area (Å²) in [6, 6.07) is 2.11. The zero-order valence-electron chi connectivity index (χ0n) is 20.4. The van der Waals surface area contributed by atoms with E-state index in [1.54, 1.807) is 23.5 Å². The highest BCUT2D eigenvalue weighted by Crippen LogP contribution is 2.36. The summed E-state index contributed by atoms with van der Waals surface area (Å²) in [5, 5.41) is 9.81. The molecule has 3 rings (SSSR count). The lowest BCUT2D eigenvalue weighted by atomic mass is 10.0. The molecular formula is C24H33N5O3S2. The maximum absolute atomic E-state index is 13.3. The zero-order chi connectivity index (χ0) is 24.8. The number of unbranched alkanes of at least 4 members (excludes halogenated alkanes) is 1. The first-order valence-electron chi connectivity index (χ1n) is 11.7. The second-order valence-corrected chi connectivity index (χ2v) is 10.3. The molecule has 0 aromatic carbocycles. The van der Waals surface area contributed by atoms with Gasteiger partial charge in [0.15, 0.2) is 0 Å². The molecule has 0 unspecified atom stereocenters. The molecule has 10 heteroatoms. The first-order valence-corrected chi connectivity index (χ1v) is 12.9. The van der Waals surface area contributed by atoms with Crippen LogP contribution in [0.3, 0.4) is 0 Å². The van der Waals surface area contributed by atoms with Crippen LogP contribution in [0.25, 0.3) is 6.08 Å². The first-order chi connectivity index (χ1) is 16.3. The van der Waals surface area contributed by atoms with Gasteiger partial charge in [0.25, 0.3) is 11.5 Å². The van der Waals surface area contributed by atoms with Gasteiger partial charge in [0.05, 0.1) is 4.91 Å². The molecule has 0 spiro atoms. The molecule has 34 heavy (non-hydrogen) atoms. The van der Waals surface area contributed by atoms with Crippen LogP contribution in [0.1, 0.15) is 42.9 Å². The Kier molecular flexibility index (Phi) is 9.31. The van der Waals surface area contributed by atoms with Crippen LogP contribution in [0.5, 0.6) is 0 Å². The number of likely N-dealkylation sites (N-methyl/N-ethyl adjacent to an activating group) is 1. The van der Waals surface area contributed by atoms with Gasteiger partial charge >= 0.3 is 0 Å². The number of aromatic nitrogens is 1. The van der Waals surface area contributed by atoms with Crippen LogP contribution in [0.15, 0.2) is 9.70 Å². The number of hydrogen-bond donors (Lipinski definition) is 0. The lowest BCUT2D eigenvalue weighted by molar-refractivity contribution is -0.122. The normalized spacial score (nSPS) is 18.3. The topological polar surface area (TPSA) is 81.8 Å². The molecule has 2 aliphatic rings. The number of pyridine rings is 1. The van der Waals surface area contributed by atoms with E-state index in [0.29, 0.717) is 40.9 Å². The minimum absolute atomic E-state index is 0.135. The van der Waals surface area contributed by atoms with Gasteiger partial charge in [-0.1, -0.05) is 37.3 Å². The highest BCUT2D eigenvalue weighted by atomic mass is 32.2. The van der Waals surface area contributed by atoms with Gasteiger partial charge in [-0.15, -0.1) is 0 Å². The van der Waals surface area contributed by atoms with Crippen LogP contribution in [0.2, 0.25) is 0 Å². The Labute approximate surface area is 211 Å². The molecule has 0 aliphatic carbocycles. The molecule has 1 amide bonds. The van der Waals surface area contributed by atoms with E-state index >= 15 is 0 Å². The second-order valence-electron chi connectivity index (χ2n) is 8.63. The van der Waals surface area contributed by atoms with E-state index in [1.807, 2.05) is 6.08 Å². The van der Waals surface area contributed by atoms with Gasteiger partial charge in [0.2, 0.25) is 0 Å². The van der Waals surface area contributed by atoms with Gasteiger partial charge < -0.3 is 14.5 Å². The van der Waals surface area contributed by atoms with E-state index in [9.17, 15) is 14.9 Å². The maximum atomic E-state index is 13.3. The number of ether oxygens (including phenoxy) is 1. The third-order valence-electron chi connectivity index (χ3n) is 6.26. The van der Waals surface area contributed by atoms with Gasteiger partial charge in [-0.25, -0.2) is 0 Å². The molecule has 2 aliphatic heterocycles. The lowest BCUT2D eigenvalue weighted by Gasteiger charge is -2.36. The van der Waals surface area contributed by atoms with E-state index in [4.69, 9.17) is 17.0 Å². The first kappa shape index (κ1) is 26.4. The molecule has 1 aromatic heterocycles. The summed E-state index contributed by atoms with van der Waals surface area (Å²) in [7, 11) is 3.72. The van der Waals surface area contributed by atoms with Crippen LogP contribution in [-0.2, 0) is 16.1 Å². The number of methoxy groups -OCH3 is 1. The number of amides is 1. The SMILES string of the molecule is CCCCn1c(N2CCN(C)CC2)c(/C=C2/SC(=S)N(CCCOC)C2=O)c(C)c(C#N)c1=O. The number of piperazine rings is 1. The largest absolute Gasteiger partial charge is 0.385 e. The number of hydrogen-bond acceptors (Lipinski definition) is 8. The molecule has 3 heterocycles. The molecule has 0 N–H and O–H groups in total. The minimum Gasteiger partial charge on any atom is -0.385 e. The average molecular weight is 504 g/mol. The van der Waals surface area contributed by atoms with E-state index < -0.39 is 0 Å². The fourth-order valence-electron chi connectivity index (χ4n) is 4.22. The highest BCUT2D eigenvalue weighted by Gasteiger charge is 2.33. The van der Waals surface area contributed by atoms with Gasteiger partial charge in [0, 0.05) is 58.5 Å². The fourth-order valence-corrected chi connectivity index (χ4v) is 5.51. The number of thioether (sulfide) groups is 1. The van der Waals surface area contributed by atoms with Crippen molar-refractivity contribution in [1.29, 1.82) is 5.26 Å². The van der Waals surface area contributed by atoms with E-state index in [0.717, 1.165) is 50.4 Å². The standard InChI is InChI=1S/C24H33N5O3S2/c1-5-6-8-28-21(27-12-10-26(3)11-13-27)18(17(2)19(16-25)22(28)30)15-20-23(31)29(24(33)34-20)9-7-14-32-4/h15H,5-14H2,1-4H3/b20-15+. The summed E-state index contributed by atoms with van der Waals surface area (Å²) in [6.45, 7) is 8.76. The van der Waals surface area contributed by atoms with Crippen molar-refractivity contribution < 1.29 is 9.53 Å². The van der Waals surface area contributed by atoms with Crippen LogP contribution in [0, 0.1) is 18.3 Å². The number of thiocarbonyl (C=S) groups is 1. The van der Waals surface area contributed by atoms with Crippen LogP contribution in [0.4, 0.5) is 5.82 Å². The minimum atomic E-state index is -0.258.